The summed E-state index contributed by atoms with van der Waals surface area (Å²) in [6.07, 6.45) is 9.58. The summed E-state index contributed by atoms with van der Waals surface area (Å²) >= 11 is 5.92. The van der Waals surface area contributed by atoms with Crippen LogP contribution in [0, 0.1) is 11.8 Å². The third-order valence-corrected chi connectivity index (χ3v) is 9.11. The van der Waals surface area contributed by atoms with Gasteiger partial charge >= 0.3 is 0 Å². The molecule has 2 aromatic heterocycles. The number of aldehydes is 1. The normalized spacial score (nSPS) is 17.3. The van der Waals surface area contributed by atoms with Gasteiger partial charge in [0.25, 0.3) is 0 Å². The van der Waals surface area contributed by atoms with Crippen molar-refractivity contribution in [2.45, 2.75) is 38.6 Å². The number of allylic oxidation sites excluding steroid dienone is 4. The highest BCUT2D eigenvalue weighted by molar-refractivity contribution is 6.30. The molecule has 4 heterocycles. The lowest BCUT2D eigenvalue weighted by Gasteiger charge is -2.30. The number of nitrogens with one attached hydrogen (secondary N) is 1. The van der Waals surface area contributed by atoms with Crippen LogP contribution >= 0.6 is 11.6 Å². The smallest absolute Gasteiger partial charge is 0.243 e. The molecular formula is C36H32ClF3N6O2. The molecule has 1 unspecified atom stereocenters. The lowest BCUT2D eigenvalue weighted by Crippen LogP contribution is -2.34. The number of rotatable bonds is 11. The Balaban J connectivity index is 1.12. The van der Waals surface area contributed by atoms with E-state index in [2.05, 4.69) is 26.0 Å². The molecule has 1 saturated heterocycles. The van der Waals surface area contributed by atoms with Crippen molar-refractivity contribution in [3.05, 3.63) is 118 Å². The minimum absolute atomic E-state index is 0.0529. The van der Waals surface area contributed by atoms with Gasteiger partial charge in [-0.25, -0.2) is 9.37 Å². The maximum atomic E-state index is 14.4. The second kappa shape index (κ2) is 13.8. The number of fused-ring (bicyclic) bond motifs is 2. The lowest BCUT2D eigenvalue weighted by molar-refractivity contribution is -0.104. The van der Waals surface area contributed by atoms with Crippen LogP contribution in [0.15, 0.2) is 90.2 Å². The monoisotopic (exact) mass is 672 g/mol. The average Bonchev–Trinajstić information content (AvgIpc) is 3.55. The summed E-state index contributed by atoms with van der Waals surface area (Å²) < 4.78 is 50.6. The van der Waals surface area contributed by atoms with Crippen molar-refractivity contribution in [3.63, 3.8) is 0 Å². The number of imidazole rings is 1. The van der Waals surface area contributed by atoms with E-state index in [9.17, 15) is 18.1 Å². The molecule has 12 heteroatoms. The summed E-state index contributed by atoms with van der Waals surface area (Å²) in [5, 5.41) is 7.05. The molecule has 7 rings (SSSR count). The van der Waals surface area contributed by atoms with Crippen molar-refractivity contribution >= 4 is 39.8 Å². The van der Waals surface area contributed by atoms with Gasteiger partial charge in [0.2, 0.25) is 5.95 Å². The van der Waals surface area contributed by atoms with Gasteiger partial charge in [0, 0.05) is 42.5 Å². The Morgan fingerprint density at radius 3 is 2.65 bits per heavy atom. The molecule has 0 amide bonds. The van der Waals surface area contributed by atoms with Crippen molar-refractivity contribution in [3.8, 4) is 11.1 Å². The summed E-state index contributed by atoms with van der Waals surface area (Å²) in [6, 6.07) is 15.4. The summed E-state index contributed by atoms with van der Waals surface area (Å²) in [4.78, 5) is 18.3. The standard InChI is InChI=1S/C36H32ClF3N6O2/c37-27-7-4-26(30(38)19-27)20-41-31(3-1-2-15-47)23-10-13-44(14-11-23)22-35-42-32-8-5-25(18-34(32)45(35)21-28-12-16-48-28)24-6-9-33-29(17-24)36(39)43-46(33)40/h1-10,15,17-19,28,41H,11-14,16,20-22H2/b2-1-,31-3-. The number of benzene rings is 3. The largest absolute Gasteiger partial charge is 0.381 e. The van der Waals surface area contributed by atoms with E-state index in [1.54, 1.807) is 30.3 Å². The van der Waals surface area contributed by atoms with E-state index in [1.165, 1.54) is 18.2 Å². The summed E-state index contributed by atoms with van der Waals surface area (Å²) in [6.45, 7) is 3.71. The molecule has 0 aliphatic carbocycles. The summed E-state index contributed by atoms with van der Waals surface area (Å²) in [7, 11) is 0. The van der Waals surface area contributed by atoms with E-state index in [-0.39, 0.29) is 34.3 Å². The summed E-state index contributed by atoms with van der Waals surface area (Å²) in [5.74, 6) is -0.321. The highest BCUT2D eigenvalue weighted by Gasteiger charge is 2.24. The predicted molar refractivity (Wildman–Crippen MR) is 179 cm³/mol. The molecule has 246 valence electrons. The van der Waals surface area contributed by atoms with Crippen LogP contribution in [0.1, 0.15) is 24.2 Å². The van der Waals surface area contributed by atoms with Crippen LogP contribution in [0.2, 0.25) is 5.02 Å². The minimum atomic E-state index is -0.852. The van der Waals surface area contributed by atoms with E-state index < -0.39 is 5.95 Å². The third kappa shape index (κ3) is 6.66. The number of carbonyl (C=O) groups is 1. The fourth-order valence-electron chi connectivity index (χ4n) is 6.17. The summed E-state index contributed by atoms with van der Waals surface area (Å²) in [5.41, 5.74) is 5.86. The van der Waals surface area contributed by atoms with E-state index in [0.717, 1.165) is 65.2 Å². The topological polar surface area (TPSA) is 77.2 Å². The molecule has 0 spiro atoms. The van der Waals surface area contributed by atoms with Crippen LogP contribution in [0.5, 0.6) is 0 Å². The van der Waals surface area contributed by atoms with Crippen molar-refractivity contribution < 1.29 is 22.8 Å². The zero-order valence-electron chi connectivity index (χ0n) is 25.9. The number of aromatic nitrogens is 4. The minimum Gasteiger partial charge on any atom is -0.381 e. The Morgan fingerprint density at radius 2 is 1.90 bits per heavy atom. The lowest BCUT2D eigenvalue weighted by atomic mass is 10.0. The number of ether oxygens (including phenoxy) is 1. The molecule has 2 aliphatic heterocycles. The van der Waals surface area contributed by atoms with Gasteiger partial charge in [0.05, 0.1) is 35.6 Å². The molecule has 0 saturated carbocycles. The second-order valence-electron chi connectivity index (χ2n) is 11.9. The van der Waals surface area contributed by atoms with Crippen LogP contribution in [-0.4, -0.2) is 56.5 Å². The fraction of sp³-hybridized carbons (Fsp3) is 0.250. The van der Waals surface area contributed by atoms with E-state index in [0.29, 0.717) is 36.5 Å². The van der Waals surface area contributed by atoms with Crippen LogP contribution in [0.4, 0.5) is 13.3 Å². The molecule has 1 fully saturated rings. The molecule has 2 aliphatic rings. The van der Waals surface area contributed by atoms with Gasteiger partial charge < -0.3 is 14.6 Å². The highest BCUT2D eigenvalue weighted by Crippen LogP contribution is 2.31. The van der Waals surface area contributed by atoms with Gasteiger partial charge in [-0.15, -0.1) is 5.10 Å². The molecule has 1 atom stereocenters. The van der Waals surface area contributed by atoms with Gasteiger partial charge in [-0.3, -0.25) is 9.69 Å². The Labute approximate surface area is 279 Å². The quantitative estimate of drug-likeness (QED) is 0.0920. The van der Waals surface area contributed by atoms with Crippen molar-refractivity contribution in [2.75, 3.05) is 19.7 Å². The number of halogens is 4. The highest BCUT2D eigenvalue weighted by atomic mass is 35.5. The van der Waals surface area contributed by atoms with Gasteiger partial charge in [-0.2, -0.15) is 4.39 Å². The van der Waals surface area contributed by atoms with E-state index in [4.69, 9.17) is 21.3 Å². The zero-order valence-corrected chi connectivity index (χ0v) is 26.6. The Kier molecular flexibility index (Phi) is 9.16. The second-order valence-corrected chi connectivity index (χ2v) is 12.3. The molecule has 1 N–H and O–H groups in total. The van der Waals surface area contributed by atoms with Gasteiger partial charge in [0.15, 0.2) is 0 Å². The van der Waals surface area contributed by atoms with Crippen molar-refractivity contribution in [1.82, 2.24) is 29.8 Å². The maximum Gasteiger partial charge on any atom is 0.243 e. The number of hydrogen-bond donors (Lipinski definition) is 1. The van der Waals surface area contributed by atoms with Crippen LogP contribution < -0.4 is 5.32 Å². The first-order valence-electron chi connectivity index (χ1n) is 15.7. The Hall–Kier alpha value is -4.71. The Bertz CT molecular complexity index is 2100. The van der Waals surface area contributed by atoms with E-state index in [1.807, 2.05) is 24.3 Å². The van der Waals surface area contributed by atoms with Crippen molar-refractivity contribution in [2.24, 2.45) is 0 Å². The fourth-order valence-corrected chi connectivity index (χ4v) is 6.33. The number of nitrogens with zero attached hydrogens (tertiary/aromatic N) is 5. The van der Waals surface area contributed by atoms with Gasteiger partial charge in [0.1, 0.15) is 23.4 Å². The molecule has 8 nitrogen and oxygen atoms in total. The molecule has 48 heavy (non-hydrogen) atoms. The third-order valence-electron chi connectivity index (χ3n) is 8.87. The van der Waals surface area contributed by atoms with Crippen molar-refractivity contribution in [1.29, 1.82) is 0 Å². The van der Waals surface area contributed by atoms with Crippen LogP contribution in [-0.2, 0) is 29.2 Å². The Morgan fingerprint density at radius 1 is 1.06 bits per heavy atom. The molecule has 5 aromatic rings. The maximum absolute atomic E-state index is 14.4. The van der Waals surface area contributed by atoms with E-state index >= 15 is 0 Å². The molecular weight excluding hydrogens is 641 g/mol. The SMILES string of the molecule is O=C/C=C\C=C(/NCc1ccc(Cl)cc1F)C1=CCN(Cc2nc3ccc(-c4ccc5c(c4)c(F)nn5F)cc3n2CC2CCO2)CC1. The van der Waals surface area contributed by atoms with Crippen LogP contribution in [0.3, 0.4) is 0 Å². The average molecular weight is 673 g/mol. The number of hydrogen-bond acceptors (Lipinski definition) is 6. The molecule has 3 aromatic carbocycles. The van der Waals surface area contributed by atoms with Crippen LogP contribution in [0.25, 0.3) is 33.1 Å². The zero-order chi connectivity index (χ0) is 33.2. The number of carbonyl (C=O) groups excluding carboxylic acids is 1. The molecule has 0 bridgehead atoms. The first-order valence-corrected chi connectivity index (χ1v) is 16.1. The predicted octanol–water partition coefficient (Wildman–Crippen LogP) is 7.07. The van der Waals surface area contributed by atoms with Gasteiger partial charge in [-0.1, -0.05) is 51.3 Å². The molecule has 0 radical (unpaired) electrons. The van der Waals surface area contributed by atoms with Gasteiger partial charge in [-0.05, 0) is 78.1 Å². The first-order chi connectivity index (χ1) is 23.4. The first kappa shape index (κ1) is 31.9.